The first-order chi connectivity index (χ1) is 16.2. The minimum atomic E-state index is -4.66. The van der Waals surface area contributed by atoms with E-state index in [9.17, 15) is 26.3 Å². The van der Waals surface area contributed by atoms with Crippen LogP contribution >= 0.6 is 0 Å². The number of aryl methyl sites for hydroxylation is 2. The van der Waals surface area contributed by atoms with E-state index in [0.29, 0.717) is 12.0 Å². The molecule has 1 heterocycles. The molecule has 0 radical (unpaired) electrons. The molecule has 0 bridgehead atoms. The van der Waals surface area contributed by atoms with Crippen LogP contribution in [0.1, 0.15) is 48.9 Å². The van der Waals surface area contributed by atoms with Crippen LogP contribution in [0.3, 0.4) is 0 Å². The third-order valence-electron chi connectivity index (χ3n) is 5.85. The Morgan fingerprint density at radius 3 is 2.14 bits per heavy atom. The van der Waals surface area contributed by atoms with Crippen LogP contribution in [0, 0.1) is 0 Å². The Bertz CT molecular complexity index is 993. The maximum absolute atomic E-state index is 13.7. The second-order valence-corrected chi connectivity index (χ2v) is 9.27. The normalized spacial score (nSPS) is 17.9. The number of benzene rings is 2. The highest BCUT2D eigenvalue weighted by atomic mass is 19.4. The van der Waals surface area contributed by atoms with Gasteiger partial charge in [-0.25, -0.2) is 0 Å². The molecule has 194 valence electrons. The molecule has 35 heavy (non-hydrogen) atoms. The first kappa shape index (κ1) is 27.3. The van der Waals surface area contributed by atoms with Gasteiger partial charge in [0.05, 0.1) is 36.5 Å². The summed E-state index contributed by atoms with van der Waals surface area (Å²) >= 11 is 0. The quantitative estimate of drug-likeness (QED) is 0.346. The fourth-order valence-corrected chi connectivity index (χ4v) is 3.80. The van der Waals surface area contributed by atoms with E-state index in [1.807, 2.05) is 0 Å². The zero-order chi connectivity index (χ0) is 25.9. The third-order valence-corrected chi connectivity index (χ3v) is 5.85. The molecular weight excluding hydrogens is 476 g/mol. The van der Waals surface area contributed by atoms with E-state index in [4.69, 9.17) is 19.9 Å². The van der Waals surface area contributed by atoms with Crippen molar-refractivity contribution in [2.24, 2.45) is 5.73 Å². The Morgan fingerprint density at radius 1 is 0.886 bits per heavy atom. The Balaban J connectivity index is 1.61. The summed E-state index contributed by atoms with van der Waals surface area (Å²) in [7, 11) is 0. The summed E-state index contributed by atoms with van der Waals surface area (Å²) in [5, 5.41) is 0. The van der Waals surface area contributed by atoms with Crippen molar-refractivity contribution in [2.75, 3.05) is 19.8 Å². The predicted molar refractivity (Wildman–Crippen MR) is 118 cm³/mol. The molecule has 0 spiro atoms. The minimum Gasteiger partial charge on any atom is -0.493 e. The van der Waals surface area contributed by atoms with Gasteiger partial charge in [-0.2, -0.15) is 26.3 Å². The van der Waals surface area contributed by atoms with E-state index >= 15 is 0 Å². The number of halogens is 6. The standard InChI is InChI=1S/C25H29F6NO3/c1-22(2)34-15-23(32,16-35-22)12-11-17-9-10-21(20(14-17)25(29,30)31)33-13-5-7-18-6-3-4-8-19(18)24(26,27)28/h3-4,6,8-10,14H,5,7,11-13,15-16,32H2,1-2H3. The van der Waals surface area contributed by atoms with E-state index in [0.717, 1.165) is 12.1 Å². The molecule has 0 atom stereocenters. The molecule has 4 nitrogen and oxygen atoms in total. The summed E-state index contributed by atoms with van der Waals surface area (Å²) in [6, 6.07) is 8.90. The van der Waals surface area contributed by atoms with E-state index < -0.39 is 34.8 Å². The molecule has 0 unspecified atom stereocenters. The Morgan fingerprint density at radius 2 is 1.51 bits per heavy atom. The van der Waals surface area contributed by atoms with Gasteiger partial charge in [-0.3, -0.25) is 0 Å². The fourth-order valence-electron chi connectivity index (χ4n) is 3.80. The van der Waals surface area contributed by atoms with Crippen LogP contribution < -0.4 is 10.5 Å². The van der Waals surface area contributed by atoms with E-state index in [1.54, 1.807) is 13.8 Å². The van der Waals surface area contributed by atoms with Gasteiger partial charge >= 0.3 is 12.4 Å². The lowest BCUT2D eigenvalue weighted by molar-refractivity contribution is -0.267. The SMILES string of the molecule is CC1(C)OCC(N)(CCc2ccc(OCCCc3ccccc3C(F)(F)F)c(C(F)(F)F)c2)CO1. The molecule has 1 saturated heterocycles. The molecule has 0 aromatic heterocycles. The molecular formula is C25H29F6NO3. The van der Waals surface area contributed by atoms with Gasteiger partial charge in [0.2, 0.25) is 0 Å². The van der Waals surface area contributed by atoms with Crippen LogP contribution in [0.25, 0.3) is 0 Å². The average Bonchev–Trinajstić information content (AvgIpc) is 2.77. The van der Waals surface area contributed by atoms with Crippen molar-refractivity contribution in [1.82, 2.24) is 0 Å². The first-order valence-electron chi connectivity index (χ1n) is 11.2. The molecule has 0 saturated carbocycles. The molecule has 2 aromatic carbocycles. The van der Waals surface area contributed by atoms with Gasteiger partial charge in [0.15, 0.2) is 5.79 Å². The van der Waals surface area contributed by atoms with Crippen molar-refractivity contribution in [3.05, 3.63) is 64.7 Å². The number of ether oxygens (including phenoxy) is 3. The maximum Gasteiger partial charge on any atom is 0.419 e. The van der Waals surface area contributed by atoms with Crippen LogP contribution in [-0.2, 0) is 34.7 Å². The van der Waals surface area contributed by atoms with E-state index in [1.165, 1.54) is 30.3 Å². The summed E-state index contributed by atoms with van der Waals surface area (Å²) in [5.74, 6) is -1.11. The summed E-state index contributed by atoms with van der Waals surface area (Å²) in [5.41, 5.74) is 4.28. The number of hydrogen-bond acceptors (Lipinski definition) is 4. The van der Waals surface area contributed by atoms with Crippen molar-refractivity contribution in [3.63, 3.8) is 0 Å². The Labute approximate surface area is 200 Å². The number of rotatable bonds is 8. The molecule has 2 N–H and O–H groups in total. The van der Waals surface area contributed by atoms with Crippen molar-refractivity contribution in [3.8, 4) is 5.75 Å². The summed E-state index contributed by atoms with van der Waals surface area (Å²) in [6.45, 7) is 3.81. The molecule has 0 aliphatic carbocycles. The number of hydrogen-bond donors (Lipinski definition) is 1. The van der Waals surface area contributed by atoms with Crippen LogP contribution in [0.15, 0.2) is 42.5 Å². The molecule has 1 fully saturated rings. The highest BCUT2D eigenvalue weighted by molar-refractivity contribution is 5.39. The molecule has 10 heteroatoms. The summed E-state index contributed by atoms with van der Waals surface area (Å²) in [6.07, 6.45) is -8.37. The molecule has 0 amide bonds. The topological polar surface area (TPSA) is 53.7 Å². The first-order valence-corrected chi connectivity index (χ1v) is 11.2. The van der Waals surface area contributed by atoms with Crippen molar-refractivity contribution < 1.29 is 40.6 Å². The average molecular weight is 505 g/mol. The zero-order valence-electron chi connectivity index (χ0n) is 19.6. The fraction of sp³-hybridized carbons (Fsp3) is 0.520. The highest BCUT2D eigenvalue weighted by Crippen LogP contribution is 2.38. The van der Waals surface area contributed by atoms with Gasteiger partial charge in [-0.05, 0) is 68.9 Å². The monoisotopic (exact) mass is 505 g/mol. The van der Waals surface area contributed by atoms with Gasteiger partial charge in [0.25, 0.3) is 0 Å². The molecule has 3 rings (SSSR count). The lowest BCUT2D eigenvalue weighted by atomic mass is 9.92. The van der Waals surface area contributed by atoms with Crippen molar-refractivity contribution in [2.45, 2.75) is 63.2 Å². The number of alkyl halides is 6. The van der Waals surface area contributed by atoms with Crippen LogP contribution in [0.5, 0.6) is 5.75 Å². The smallest absolute Gasteiger partial charge is 0.419 e. The lowest BCUT2D eigenvalue weighted by Gasteiger charge is -2.41. The largest absolute Gasteiger partial charge is 0.493 e. The van der Waals surface area contributed by atoms with Gasteiger partial charge in [-0.1, -0.05) is 24.3 Å². The highest BCUT2D eigenvalue weighted by Gasteiger charge is 2.38. The Hall–Kier alpha value is -2.30. The molecule has 2 aromatic rings. The van der Waals surface area contributed by atoms with Gasteiger partial charge in [0.1, 0.15) is 5.75 Å². The van der Waals surface area contributed by atoms with E-state index in [-0.39, 0.29) is 50.4 Å². The molecule has 1 aliphatic rings. The van der Waals surface area contributed by atoms with Gasteiger partial charge in [-0.15, -0.1) is 0 Å². The second-order valence-electron chi connectivity index (χ2n) is 9.27. The summed E-state index contributed by atoms with van der Waals surface area (Å²) < 4.78 is 96.8. The van der Waals surface area contributed by atoms with E-state index in [2.05, 4.69) is 0 Å². The third kappa shape index (κ3) is 7.59. The van der Waals surface area contributed by atoms with Gasteiger partial charge in [0, 0.05) is 0 Å². The van der Waals surface area contributed by atoms with Crippen molar-refractivity contribution in [1.29, 1.82) is 0 Å². The predicted octanol–water partition coefficient (Wildman–Crippen LogP) is 6.15. The lowest BCUT2D eigenvalue weighted by Crippen LogP contribution is -2.57. The maximum atomic E-state index is 13.7. The Kier molecular flexibility index (Phi) is 8.08. The molecule has 1 aliphatic heterocycles. The summed E-state index contributed by atoms with van der Waals surface area (Å²) in [4.78, 5) is 0. The van der Waals surface area contributed by atoms with Crippen molar-refractivity contribution >= 4 is 0 Å². The van der Waals surface area contributed by atoms with Gasteiger partial charge < -0.3 is 19.9 Å². The van der Waals surface area contributed by atoms with Crippen LogP contribution in [0.2, 0.25) is 0 Å². The minimum absolute atomic E-state index is 0.0225. The van der Waals surface area contributed by atoms with Crippen LogP contribution in [-0.4, -0.2) is 31.1 Å². The van der Waals surface area contributed by atoms with Crippen LogP contribution in [0.4, 0.5) is 26.3 Å². The zero-order valence-corrected chi connectivity index (χ0v) is 19.6. The second kappa shape index (κ2) is 10.4. The number of nitrogens with two attached hydrogens (primary N) is 1.